The van der Waals surface area contributed by atoms with Crippen molar-refractivity contribution in [3.63, 3.8) is 0 Å². The molecular weight excluding hydrogens is 381 g/mol. The smallest absolute Gasteiger partial charge is 0.309 e. The first-order chi connectivity index (χ1) is 13.6. The maximum absolute atomic E-state index is 14.0. The summed E-state index contributed by atoms with van der Waals surface area (Å²) in [5.41, 5.74) is 1.19. The minimum Gasteiger partial charge on any atom is -0.347 e. The van der Waals surface area contributed by atoms with Crippen molar-refractivity contribution in [2.45, 2.75) is 38.1 Å². The van der Waals surface area contributed by atoms with Crippen LogP contribution in [0.2, 0.25) is 0 Å². The molecule has 2 N–H and O–H groups in total. The Morgan fingerprint density at radius 3 is 2.79 bits per heavy atom. The number of amides is 2. The molecule has 3 aromatic rings. The first-order valence-corrected chi connectivity index (χ1v) is 10.2. The van der Waals surface area contributed by atoms with Crippen molar-refractivity contribution in [2.24, 2.45) is 0 Å². The van der Waals surface area contributed by atoms with Gasteiger partial charge in [0.2, 0.25) is 4.96 Å². The van der Waals surface area contributed by atoms with Crippen molar-refractivity contribution in [3.05, 3.63) is 41.2 Å². The number of carbonyl (C=O) groups is 2. The van der Waals surface area contributed by atoms with Crippen LogP contribution in [-0.2, 0) is 16.0 Å². The molecule has 2 amide bonds. The summed E-state index contributed by atoms with van der Waals surface area (Å²) in [4.78, 5) is 28.9. The maximum atomic E-state index is 14.0. The molecule has 7 nitrogen and oxygen atoms in total. The Labute approximate surface area is 165 Å². The number of nitrogens with one attached hydrogen (secondary N) is 2. The minimum atomic E-state index is -0.621. The normalized spacial score (nSPS) is 14.5. The molecule has 0 atom stereocenters. The van der Waals surface area contributed by atoms with Gasteiger partial charge in [-0.2, -0.15) is 4.98 Å². The molecule has 2 heterocycles. The summed E-state index contributed by atoms with van der Waals surface area (Å²) in [5, 5.41) is 11.7. The summed E-state index contributed by atoms with van der Waals surface area (Å²) in [6.45, 7) is 0.303. The van der Waals surface area contributed by atoms with Crippen molar-refractivity contribution in [3.8, 4) is 11.4 Å². The van der Waals surface area contributed by atoms with E-state index in [0.29, 0.717) is 29.3 Å². The highest BCUT2D eigenvalue weighted by atomic mass is 32.1. The molecule has 0 aliphatic heterocycles. The van der Waals surface area contributed by atoms with E-state index in [0.717, 1.165) is 31.4 Å². The van der Waals surface area contributed by atoms with Crippen molar-refractivity contribution in [2.75, 3.05) is 6.54 Å². The molecule has 9 heteroatoms. The van der Waals surface area contributed by atoms with Gasteiger partial charge >= 0.3 is 11.8 Å². The number of hydrogen-bond acceptors (Lipinski definition) is 5. The van der Waals surface area contributed by atoms with Crippen LogP contribution in [0.4, 0.5) is 4.39 Å². The van der Waals surface area contributed by atoms with Gasteiger partial charge in [0.1, 0.15) is 5.82 Å². The second-order valence-corrected chi connectivity index (χ2v) is 7.63. The van der Waals surface area contributed by atoms with Gasteiger partial charge in [0, 0.05) is 24.4 Å². The van der Waals surface area contributed by atoms with E-state index >= 15 is 0 Å². The molecule has 1 aliphatic carbocycles. The van der Waals surface area contributed by atoms with Crippen LogP contribution in [0.3, 0.4) is 0 Å². The molecule has 0 bridgehead atoms. The molecule has 0 unspecified atom stereocenters. The number of carbonyl (C=O) groups excluding carboxylic acids is 2. The van der Waals surface area contributed by atoms with Gasteiger partial charge in [-0.1, -0.05) is 25.0 Å². The fraction of sp³-hybridized carbons (Fsp3) is 0.368. The van der Waals surface area contributed by atoms with Crippen molar-refractivity contribution < 1.29 is 14.0 Å². The molecule has 28 heavy (non-hydrogen) atoms. The van der Waals surface area contributed by atoms with E-state index in [9.17, 15) is 14.0 Å². The first kappa shape index (κ1) is 18.5. The molecule has 0 saturated heterocycles. The lowest BCUT2D eigenvalue weighted by Gasteiger charge is -2.11. The van der Waals surface area contributed by atoms with Gasteiger partial charge in [0.25, 0.3) is 0 Å². The van der Waals surface area contributed by atoms with Crippen LogP contribution in [0.25, 0.3) is 16.3 Å². The molecule has 4 rings (SSSR count). The molecule has 1 saturated carbocycles. The van der Waals surface area contributed by atoms with Crippen LogP contribution >= 0.6 is 11.3 Å². The minimum absolute atomic E-state index is 0.113. The molecule has 1 aliphatic rings. The van der Waals surface area contributed by atoms with E-state index in [1.807, 2.05) is 5.38 Å². The maximum Gasteiger partial charge on any atom is 0.309 e. The van der Waals surface area contributed by atoms with Crippen LogP contribution in [0.15, 0.2) is 29.6 Å². The van der Waals surface area contributed by atoms with Gasteiger partial charge in [-0.3, -0.25) is 9.59 Å². The van der Waals surface area contributed by atoms with E-state index in [4.69, 9.17) is 0 Å². The molecule has 146 valence electrons. The topological polar surface area (TPSA) is 88.4 Å². The monoisotopic (exact) mass is 401 g/mol. The van der Waals surface area contributed by atoms with Crippen LogP contribution in [0.5, 0.6) is 0 Å². The molecule has 1 fully saturated rings. The number of rotatable bonds is 5. The number of nitrogens with zero attached hydrogens (tertiary/aromatic N) is 3. The summed E-state index contributed by atoms with van der Waals surface area (Å²) in [6, 6.07) is 6.48. The number of fused-ring (bicyclic) bond motifs is 1. The van der Waals surface area contributed by atoms with Crippen LogP contribution in [0.1, 0.15) is 31.4 Å². The zero-order valence-electron chi connectivity index (χ0n) is 15.2. The summed E-state index contributed by atoms with van der Waals surface area (Å²) in [6.07, 6.45) is 4.54. The SMILES string of the molecule is O=C(NCCc1csc2nc(-c3ccccc3F)nn12)C(=O)NC1CCCC1. The fourth-order valence-corrected chi connectivity index (χ4v) is 4.21. The predicted octanol–water partition coefficient (Wildman–Crippen LogP) is 2.31. The van der Waals surface area contributed by atoms with Crippen molar-refractivity contribution in [1.82, 2.24) is 25.2 Å². The highest BCUT2D eigenvalue weighted by molar-refractivity contribution is 7.15. The van der Waals surface area contributed by atoms with Gasteiger partial charge in [0.15, 0.2) is 5.82 Å². The quantitative estimate of drug-likeness (QED) is 0.642. The van der Waals surface area contributed by atoms with Crippen molar-refractivity contribution in [1.29, 1.82) is 0 Å². The average molecular weight is 401 g/mol. The molecule has 0 spiro atoms. The number of thiazole rings is 1. The molecule has 2 aromatic heterocycles. The van der Waals surface area contributed by atoms with E-state index in [2.05, 4.69) is 20.7 Å². The summed E-state index contributed by atoms with van der Waals surface area (Å²) in [7, 11) is 0. The summed E-state index contributed by atoms with van der Waals surface area (Å²) in [5.74, 6) is -1.25. The Balaban J connectivity index is 1.36. The third kappa shape index (κ3) is 3.89. The van der Waals surface area contributed by atoms with E-state index in [1.165, 1.54) is 17.4 Å². The summed E-state index contributed by atoms with van der Waals surface area (Å²) >= 11 is 1.40. The lowest BCUT2D eigenvalue weighted by atomic mass is 10.2. The second-order valence-electron chi connectivity index (χ2n) is 6.80. The first-order valence-electron chi connectivity index (χ1n) is 9.28. The third-order valence-corrected chi connectivity index (χ3v) is 5.69. The molecule has 0 radical (unpaired) electrons. The summed E-state index contributed by atoms with van der Waals surface area (Å²) < 4.78 is 15.6. The number of benzene rings is 1. The Hall–Kier alpha value is -2.81. The Morgan fingerprint density at radius 1 is 1.21 bits per heavy atom. The highest BCUT2D eigenvalue weighted by Crippen LogP contribution is 2.23. The fourth-order valence-electron chi connectivity index (χ4n) is 3.36. The number of halogens is 1. The number of aromatic nitrogens is 3. The average Bonchev–Trinajstić information content (AvgIpc) is 3.40. The Kier molecular flexibility index (Phi) is 5.34. The second kappa shape index (κ2) is 8.05. The molecule has 1 aromatic carbocycles. The van der Waals surface area contributed by atoms with Crippen LogP contribution in [0, 0.1) is 5.82 Å². The van der Waals surface area contributed by atoms with E-state index < -0.39 is 11.8 Å². The zero-order chi connectivity index (χ0) is 19.5. The lowest BCUT2D eigenvalue weighted by molar-refractivity contribution is -0.139. The van der Waals surface area contributed by atoms with E-state index in [-0.39, 0.29) is 11.9 Å². The third-order valence-electron chi connectivity index (χ3n) is 4.83. The van der Waals surface area contributed by atoms with Gasteiger partial charge in [-0.15, -0.1) is 16.4 Å². The van der Waals surface area contributed by atoms with Gasteiger partial charge in [-0.25, -0.2) is 8.91 Å². The largest absolute Gasteiger partial charge is 0.347 e. The lowest BCUT2D eigenvalue weighted by Crippen LogP contribution is -2.44. The van der Waals surface area contributed by atoms with Crippen molar-refractivity contribution >= 4 is 28.1 Å². The molecular formula is C19H20FN5O2S. The van der Waals surface area contributed by atoms with Gasteiger partial charge < -0.3 is 10.6 Å². The number of hydrogen-bond donors (Lipinski definition) is 2. The van der Waals surface area contributed by atoms with Crippen LogP contribution in [-0.4, -0.2) is 39.0 Å². The Bertz CT molecular complexity index is 1010. The van der Waals surface area contributed by atoms with Gasteiger partial charge in [0.05, 0.1) is 11.3 Å². The standard InChI is InChI=1S/C19H20FN5O2S/c20-15-8-4-3-7-14(15)16-23-19-25(24-16)13(11-28-19)9-10-21-17(26)18(27)22-12-5-1-2-6-12/h3-4,7-8,11-12H,1-2,5-6,9-10H2,(H,21,26)(H,22,27). The van der Waals surface area contributed by atoms with Crippen LogP contribution < -0.4 is 10.6 Å². The zero-order valence-corrected chi connectivity index (χ0v) is 16.0. The predicted molar refractivity (Wildman–Crippen MR) is 103 cm³/mol. The Morgan fingerprint density at radius 2 is 2.00 bits per heavy atom. The van der Waals surface area contributed by atoms with Gasteiger partial charge in [-0.05, 0) is 25.0 Å². The van der Waals surface area contributed by atoms with E-state index in [1.54, 1.807) is 22.7 Å². The highest BCUT2D eigenvalue weighted by Gasteiger charge is 2.21.